The first-order chi connectivity index (χ1) is 18.5. The number of hydrogen-bond acceptors (Lipinski definition) is 7. The van der Waals surface area contributed by atoms with Gasteiger partial charge in [-0.25, -0.2) is 0 Å². The Bertz CT molecular complexity index is 1170. The van der Waals surface area contributed by atoms with Gasteiger partial charge < -0.3 is 29.5 Å². The zero-order valence-electron chi connectivity index (χ0n) is 22.2. The molecule has 2 amide bonds. The zero-order chi connectivity index (χ0) is 26.6. The van der Waals surface area contributed by atoms with Crippen molar-refractivity contribution >= 4 is 11.8 Å². The molecule has 5 rings (SSSR count). The Labute approximate surface area is 223 Å². The van der Waals surface area contributed by atoms with E-state index in [2.05, 4.69) is 22.3 Å². The maximum atomic E-state index is 13.4. The van der Waals surface area contributed by atoms with Crippen LogP contribution in [0.25, 0.3) is 0 Å². The van der Waals surface area contributed by atoms with Gasteiger partial charge in [0.25, 0.3) is 5.91 Å². The van der Waals surface area contributed by atoms with Crippen molar-refractivity contribution in [2.24, 2.45) is 5.92 Å². The van der Waals surface area contributed by atoms with Gasteiger partial charge in [-0.3, -0.25) is 14.5 Å². The monoisotopic (exact) mass is 523 g/mol. The van der Waals surface area contributed by atoms with Crippen LogP contribution in [0.15, 0.2) is 36.4 Å². The standard InChI is InChI=1S/C29H37N3O6/c1-36-25-9-8-20(15-24(25)33)29(35)31-11-3-4-13-38-27-16-19(7-10-26(27)37-2)23-14-21(17-30-28(34)18-31)22-6-5-12-32(22)23/h7-10,15-16,21-23,33H,3-6,11-14,17-18H2,1-2H3,(H,30,34)/t21-,22+,23-/m1/s1. The molecule has 3 aliphatic heterocycles. The lowest BCUT2D eigenvalue weighted by Gasteiger charge is -2.25. The van der Waals surface area contributed by atoms with Crippen LogP contribution in [0, 0.1) is 5.92 Å². The third kappa shape index (κ3) is 5.38. The molecular weight excluding hydrogens is 486 g/mol. The first kappa shape index (κ1) is 26.2. The molecule has 2 aromatic rings. The third-order valence-corrected chi connectivity index (χ3v) is 8.07. The lowest BCUT2D eigenvalue weighted by molar-refractivity contribution is -0.122. The predicted octanol–water partition coefficient (Wildman–Crippen LogP) is 3.37. The van der Waals surface area contributed by atoms with E-state index in [0.717, 1.165) is 31.6 Å². The molecule has 0 saturated carbocycles. The van der Waals surface area contributed by atoms with E-state index in [9.17, 15) is 14.7 Å². The van der Waals surface area contributed by atoms with Gasteiger partial charge in [0.1, 0.15) is 0 Å². The van der Waals surface area contributed by atoms with Crippen molar-refractivity contribution in [2.45, 2.75) is 44.2 Å². The van der Waals surface area contributed by atoms with Gasteiger partial charge in [-0.1, -0.05) is 6.07 Å². The Morgan fingerprint density at radius 3 is 2.66 bits per heavy atom. The van der Waals surface area contributed by atoms with E-state index in [1.165, 1.54) is 18.7 Å². The van der Waals surface area contributed by atoms with E-state index in [4.69, 9.17) is 14.2 Å². The maximum Gasteiger partial charge on any atom is 0.254 e. The molecule has 2 N–H and O–H groups in total. The molecule has 2 aromatic carbocycles. The Morgan fingerprint density at radius 2 is 1.87 bits per heavy atom. The Hall–Kier alpha value is -3.46. The molecule has 9 nitrogen and oxygen atoms in total. The highest BCUT2D eigenvalue weighted by atomic mass is 16.5. The van der Waals surface area contributed by atoms with Crippen LogP contribution in [0.1, 0.15) is 54.1 Å². The molecule has 2 saturated heterocycles. The number of nitrogens with one attached hydrogen (secondary N) is 1. The number of methoxy groups -OCH3 is 2. The molecule has 204 valence electrons. The van der Waals surface area contributed by atoms with Gasteiger partial charge in [-0.05, 0) is 80.5 Å². The van der Waals surface area contributed by atoms with Crippen molar-refractivity contribution in [3.05, 3.63) is 47.5 Å². The van der Waals surface area contributed by atoms with E-state index in [1.807, 2.05) is 6.07 Å². The summed E-state index contributed by atoms with van der Waals surface area (Å²) in [6.45, 7) is 2.46. The minimum atomic E-state index is -0.308. The molecule has 3 aliphatic rings. The number of hydrogen-bond donors (Lipinski definition) is 2. The van der Waals surface area contributed by atoms with Gasteiger partial charge in [-0.15, -0.1) is 0 Å². The predicted molar refractivity (Wildman–Crippen MR) is 142 cm³/mol. The van der Waals surface area contributed by atoms with E-state index in [-0.39, 0.29) is 30.2 Å². The Morgan fingerprint density at radius 1 is 1.05 bits per heavy atom. The Kier molecular flexibility index (Phi) is 7.93. The van der Waals surface area contributed by atoms with Gasteiger partial charge in [0.05, 0.1) is 27.4 Å². The summed E-state index contributed by atoms with van der Waals surface area (Å²) in [5, 5.41) is 13.3. The first-order valence-corrected chi connectivity index (χ1v) is 13.5. The second kappa shape index (κ2) is 11.5. The maximum absolute atomic E-state index is 13.4. The van der Waals surface area contributed by atoms with E-state index >= 15 is 0 Å². The summed E-state index contributed by atoms with van der Waals surface area (Å²) in [5.41, 5.74) is 1.54. The van der Waals surface area contributed by atoms with Crippen molar-refractivity contribution < 1.29 is 28.9 Å². The van der Waals surface area contributed by atoms with Gasteiger partial charge in [0.15, 0.2) is 23.0 Å². The summed E-state index contributed by atoms with van der Waals surface area (Å²) in [7, 11) is 3.11. The van der Waals surface area contributed by atoms with Crippen LogP contribution < -0.4 is 19.5 Å². The highest BCUT2D eigenvalue weighted by molar-refractivity contribution is 5.97. The minimum absolute atomic E-state index is 0.0378. The Balaban J connectivity index is 1.37. The molecule has 3 heterocycles. The number of rotatable bonds is 3. The zero-order valence-corrected chi connectivity index (χ0v) is 22.2. The summed E-state index contributed by atoms with van der Waals surface area (Å²) < 4.78 is 16.8. The first-order valence-electron chi connectivity index (χ1n) is 13.5. The SMILES string of the molecule is COc1ccc(C(=O)N2CCCCOc3cc(ccc3OC)[C@H]3C[C@H](CNC(=O)C2)[C@@H]2CCCN32)cc1O. The van der Waals surface area contributed by atoms with Gasteiger partial charge in [-0.2, -0.15) is 0 Å². The van der Waals surface area contributed by atoms with Crippen LogP contribution in [0.4, 0.5) is 0 Å². The minimum Gasteiger partial charge on any atom is -0.504 e. The van der Waals surface area contributed by atoms with Crippen LogP contribution in [0.3, 0.4) is 0 Å². The molecule has 9 heteroatoms. The number of aromatic hydroxyl groups is 1. The number of fused-ring (bicyclic) bond motifs is 8. The average molecular weight is 524 g/mol. The molecule has 0 unspecified atom stereocenters. The van der Waals surface area contributed by atoms with Gasteiger partial charge in [0.2, 0.25) is 5.91 Å². The third-order valence-electron chi connectivity index (χ3n) is 8.07. The molecule has 0 spiro atoms. The van der Waals surface area contributed by atoms with Crippen LogP contribution in [-0.4, -0.2) is 79.8 Å². The smallest absolute Gasteiger partial charge is 0.254 e. The molecule has 38 heavy (non-hydrogen) atoms. The van der Waals surface area contributed by atoms with E-state index in [1.54, 1.807) is 24.1 Å². The molecule has 3 atom stereocenters. The summed E-state index contributed by atoms with van der Waals surface area (Å²) >= 11 is 0. The number of amides is 2. The largest absolute Gasteiger partial charge is 0.504 e. The number of nitrogens with zero attached hydrogens (tertiary/aromatic N) is 2. The second-order valence-electron chi connectivity index (χ2n) is 10.3. The number of ether oxygens (including phenoxy) is 3. The number of phenolic OH excluding ortho intramolecular Hbond substituents is 1. The number of carbonyl (C=O) groups excluding carboxylic acids is 2. The van der Waals surface area contributed by atoms with Crippen LogP contribution in [0.5, 0.6) is 23.0 Å². The molecule has 0 aliphatic carbocycles. The number of benzene rings is 2. The van der Waals surface area contributed by atoms with Crippen molar-refractivity contribution in [1.82, 2.24) is 15.1 Å². The number of phenols is 1. The summed E-state index contributed by atoms with van der Waals surface area (Å²) in [6.07, 6.45) is 4.60. The van der Waals surface area contributed by atoms with Crippen molar-refractivity contribution in [3.8, 4) is 23.0 Å². The lowest BCUT2D eigenvalue weighted by Crippen LogP contribution is -2.43. The number of carbonyl (C=O) groups is 2. The summed E-state index contributed by atoms with van der Waals surface area (Å²) in [4.78, 5) is 30.5. The molecule has 0 aromatic heterocycles. The molecule has 0 radical (unpaired) electrons. The fraction of sp³-hybridized carbons (Fsp3) is 0.517. The van der Waals surface area contributed by atoms with Crippen LogP contribution in [0.2, 0.25) is 0 Å². The average Bonchev–Trinajstić information content (AvgIpc) is 3.53. The van der Waals surface area contributed by atoms with Gasteiger partial charge in [0, 0.05) is 30.7 Å². The van der Waals surface area contributed by atoms with E-state index < -0.39 is 0 Å². The highest BCUT2D eigenvalue weighted by Crippen LogP contribution is 2.46. The van der Waals surface area contributed by atoms with Gasteiger partial charge >= 0.3 is 0 Å². The second-order valence-corrected chi connectivity index (χ2v) is 10.3. The fourth-order valence-corrected chi connectivity index (χ4v) is 6.17. The van der Waals surface area contributed by atoms with Crippen molar-refractivity contribution in [3.63, 3.8) is 0 Å². The highest BCUT2D eigenvalue weighted by Gasteiger charge is 2.44. The quantitative estimate of drug-likeness (QED) is 0.636. The van der Waals surface area contributed by atoms with Crippen LogP contribution in [-0.2, 0) is 4.79 Å². The molecule has 4 bridgehead atoms. The van der Waals surface area contributed by atoms with Crippen molar-refractivity contribution in [1.29, 1.82) is 0 Å². The summed E-state index contributed by atoms with van der Waals surface area (Å²) in [5.74, 6) is 1.50. The fourth-order valence-electron chi connectivity index (χ4n) is 6.17. The molecule has 2 fully saturated rings. The van der Waals surface area contributed by atoms with E-state index in [0.29, 0.717) is 61.6 Å². The topological polar surface area (TPSA) is 101 Å². The molecular formula is C29H37N3O6. The normalized spacial score (nSPS) is 24.3. The summed E-state index contributed by atoms with van der Waals surface area (Å²) in [6, 6.07) is 11.5. The lowest BCUT2D eigenvalue weighted by atomic mass is 9.94. The van der Waals surface area contributed by atoms with Crippen molar-refractivity contribution in [2.75, 3.05) is 47.0 Å². The van der Waals surface area contributed by atoms with Crippen LogP contribution >= 0.6 is 0 Å².